The molecule has 7 heavy (non-hydrogen) atoms. The van der Waals surface area contributed by atoms with E-state index in [0.29, 0.717) is 0 Å². The van der Waals surface area contributed by atoms with Crippen LogP contribution in [0.25, 0.3) is 0 Å². The van der Waals surface area contributed by atoms with Gasteiger partial charge in [0.1, 0.15) is 0 Å². The molecule has 0 aromatic carbocycles. The van der Waals surface area contributed by atoms with Crippen molar-refractivity contribution in [3.63, 3.8) is 0 Å². The minimum atomic E-state index is -1.07. The Bertz CT molecular complexity index is 38.7. The molecule has 0 amide bonds. The third-order valence-electron chi connectivity index (χ3n) is 0.585. The van der Waals surface area contributed by atoms with Gasteiger partial charge in [-0.1, -0.05) is 0 Å². The van der Waals surface area contributed by atoms with Crippen molar-refractivity contribution in [1.29, 1.82) is 0 Å². The van der Waals surface area contributed by atoms with E-state index in [2.05, 4.69) is 6.92 Å². The Morgan fingerprint density at radius 2 is 2.00 bits per heavy atom. The molecule has 0 aromatic rings. The molecule has 0 radical (unpaired) electrons. The van der Waals surface area contributed by atoms with Crippen LogP contribution in [0.2, 0.25) is 4.89 Å². The van der Waals surface area contributed by atoms with Crippen LogP contribution in [-0.4, -0.2) is 0 Å². The molecule has 0 saturated heterocycles. The number of hydrogen-bond acceptors (Lipinski definition) is 0. The molecular formula is C4H9Cl2Pd. The van der Waals surface area contributed by atoms with Gasteiger partial charge in [-0.15, -0.1) is 0 Å². The van der Waals surface area contributed by atoms with E-state index in [0.717, 1.165) is 4.89 Å². The molecule has 0 heterocycles. The fraction of sp³-hybridized carbons (Fsp3) is 1.00. The van der Waals surface area contributed by atoms with Crippen LogP contribution < -0.4 is 0 Å². The zero-order valence-corrected chi connectivity index (χ0v) is 7.26. The summed E-state index contributed by atoms with van der Waals surface area (Å²) in [4.78, 5) is 1.05. The van der Waals surface area contributed by atoms with Crippen molar-refractivity contribution in [3.05, 3.63) is 0 Å². The van der Waals surface area contributed by atoms with Gasteiger partial charge in [0.25, 0.3) is 0 Å². The van der Waals surface area contributed by atoms with Gasteiger partial charge in [-0.25, -0.2) is 0 Å². The minimum absolute atomic E-state index is 1.05. The van der Waals surface area contributed by atoms with E-state index in [4.69, 9.17) is 19.1 Å². The van der Waals surface area contributed by atoms with Gasteiger partial charge in [0.15, 0.2) is 0 Å². The summed E-state index contributed by atoms with van der Waals surface area (Å²) in [5.74, 6) is 0. The Kier molecular flexibility index (Phi) is 6.34. The van der Waals surface area contributed by atoms with Gasteiger partial charge < -0.3 is 0 Å². The third kappa shape index (κ3) is 7.24. The van der Waals surface area contributed by atoms with Crippen LogP contribution in [0.15, 0.2) is 0 Å². The first-order chi connectivity index (χ1) is 3.27. The summed E-state index contributed by atoms with van der Waals surface area (Å²) in [5, 5.41) is 0. The Balaban J connectivity index is 2.68. The zero-order valence-electron chi connectivity index (χ0n) is 4.19. The summed E-state index contributed by atoms with van der Waals surface area (Å²) in [5.41, 5.74) is 0. The predicted molar refractivity (Wildman–Crippen MR) is 31.4 cm³/mol. The summed E-state index contributed by atoms with van der Waals surface area (Å²) in [7, 11) is 11.1. The van der Waals surface area contributed by atoms with E-state index < -0.39 is 14.7 Å². The van der Waals surface area contributed by atoms with E-state index in [1.54, 1.807) is 0 Å². The molecule has 0 unspecified atom stereocenters. The molecule has 0 bridgehead atoms. The maximum atomic E-state index is 5.54. The fourth-order valence-corrected chi connectivity index (χ4v) is 2.16. The quantitative estimate of drug-likeness (QED) is 0.658. The van der Waals surface area contributed by atoms with Crippen molar-refractivity contribution in [3.8, 4) is 0 Å². The van der Waals surface area contributed by atoms with Crippen molar-refractivity contribution in [1.82, 2.24) is 0 Å². The van der Waals surface area contributed by atoms with Crippen LogP contribution in [0.3, 0.4) is 0 Å². The summed E-state index contributed by atoms with van der Waals surface area (Å²) < 4.78 is 0. The molecule has 49 valence electrons. The molecule has 0 rings (SSSR count). The van der Waals surface area contributed by atoms with Crippen molar-refractivity contribution in [2.24, 2.45) is 0 Å². The van der Waals surface area contributed by atoms with Crippen LogP contribution in [0.4, 0.5) is 0 Å². The number of hydrogen-bond donors (Lipinski definition) is 0. The van der Waals surface area contributed by atoms with Crippen LogP contribution in [0.5, 0.6) is 0 Å². The summed E-state index contributed by atoms with van der Waals surface area (Å²) in [6, 6.07) is 0. The number of halogens is 2. The second kappa shape index (κ2) is 5.38. The van der Waals surface area contributed by atoms with Gasteiger partial charge in [0.2, 0.25) is 0 Å². The normalized spacial score (nSPS) is 11.6. The molecule has 0 fully saturated rings. The SMILES string of the molecule is CCC[CH2][Pd]([Cl])[Cl]. The zero-order chi connectivity index (χ0) is 5.70. The maximum absolute atomic E-state index is 5.54. The molecular weight excluding hydrogens is 225 g/mol. The number of unbranched alkanes of at least 4 members (excludes halogenated alkanes) is 1. The van der Waals surface area contributed by atoms with Crippen molar-refractivity contribution in [2.75, 3.05) is 0 Å². The second-order valence-electron chi connectivity index (χ2n) is 1.23. The van der Waals surface area contributed by atoms with Crippen LogP contribution >= 0.6 is 19.1 Å². The van der Waals surface area contributed by atoms with Crippen molar-refractivity contribution >= 4 is 19.1 Å². The number of rotatable bonds is 3. The predicted octanol–water partition coefficient (Wildman–Crippen LogP) is 3.13. The Morgan fingerprint density at radius 1 is 1.43 bits per heavy atom. The third-order valence-corrected chi connectivity index (χ3v) is 3.14. The van der Waals surface area contributed by atoms with Crippen LogP contribution in [0.1, 0.15) is 19.8 Å². The Labute approximate surface area is 58.4 Å². The van der Waals surface area contributed by atoms with Crippen molar-refractivity contribution in [2.45, 2.75) is 24.7 Å². The average Bonchev–Trinajstić information content (AvgIpc) is 1.61. The molecule has 0 spiro atoms. The molecule has 3 heteroatoms. The van der Waals surface area contributed by atoms with Gasteiger partial charge in [0.05, 0.1) is 0 Å². The van der Waals surface area contributed by atoms with E-state index >= 15 is 0 Å². The molecule has 0 nitrogen and oxygen atoms in total. The van der Waals surface area contributed by atoms with Crippen LogP contribution in [0, 0.1) is 0 Å². The van der Waals surface area contributed by atoms with E-state index in [-0.39, 0.29) is 0 Å². The molecule has 0 aliphatic heterocycles. The Morgan fingerprint density at radius 3 is 2.14 bits per heavy atom. The standard InChI is InChI=1S/C4H9.2ClH.Pd/c1-3-4-2;;;/h1,3-4H2,2H3;2*1H;/q;;;+2/p-2. The first-order valence-corrected chi connectivity index (χ1v) is 7.27. The fourth-order valence-electron chi connectivity index (χ4n) is 0.196. The average molecular weight is 234 g/mol. The molecule has 0 N–H and O–H groups in total. The van der Waals surface area contributed by atoms with Crippen LogP contribution in [-0.2, 0) is 14.7 Å². The van der Waals surface area contributed by atoms with Crippen molar-refractivity contribution < 1.29 is 14.7 Å². The van der Waals surface area contributed by atoms with Gasteiger partial charge >= 0.3 is 58.4 Å². The first kappa shape index (κ1) is 8.24. The first-order valence-electron chi connectivity index (χ1n) is 2.17. The van der Waals surface area contributed by atoms with Gasteiger partial charge in [-0.2, -0.15) is 0 Å². The van der Waals surface area contributed by atoms with E-state index in [1.165, 1.54) is 12.8 Å². The summed E-state index contributed by atoms with van der Waals surface area (Å²) in [6.07, 6.45) is 2.39. The summed E-state index contributed by atoms with van der Waals surface area (Å²) in [6.45, 7) is 2.14. The van der Waals surface area contributed by atoms with Gasteiger partial charge in [-0.05, 0) is 0 Å². The second-order valence-corrected chi connectivity index (χ2v) is 7.19. The molecule has 0 atom stereocenters. The molecule has 0 saturated carbocycles. The summed E-state index contributed by atoms with van der Waals surface area (Å²) >= 11 is -1.07. The molecule has 0 aliphatic carbocycles. The van der Waals surface area contributed by atoms with Gasteiger partial charge in [-0.3, -0.25) is 0 Å². The molecule has 0 aromatic heterocycles. The van der Waals surface area contributed by atoms with Gasteiger partial charge in [0, 0.05) is 0 Å². The molecule has 0 aliphatic rings. The topological polar surface area (TPSA) is 0 Å². The van der Waals surface area contributed by atoms with E-state index in [9.17, 15) is 0 Å². The Hall–Kier alpha value is 1.24. The van der Waals surface area contributed by atoms with E-state index in [1.807, 2.05) is 0 Å². The monoisotopic (exact) mass is 233 g/mol.